The summed E-state index contributed by atoms with van der Waals surface area (Å²) in [5, 5.41) is 0.190. The van der Waals surface area contributed by atoms with Gasteiger partial charge >= 0.3 is 5.97 Å². The van der Waals surface area contributed by atoms with Crippen LogP contribution in [0.15, 0.2) is 6.07 Å². The third kappa shape index (κ3) is 2.18. The SMILES string of the molecule is COC(=O)c1cc(OC)c(OC)c(Cl)c1Cl. The molecule has 0 atom stereocenters. The standard InChI is InChI=1S/C10H10Cl2O4/c1-14-6-4-5(10(13)16-3)7(11)8(12)9(6)15-2/h4H,1-3H3. The zero-order chi connectivity index (χ0) is 12.3. The lowest BCUT2D eigenvalue weighted by Crippen LogP contribution is -2.04. The summed E-state index contributed by atoms with van der Waals surface area (Å²) in [4.78, 5) is 11.4. The normalized spacial score (nSPS) is 9.81. The Morgan fingerprint density at radius 1 is 1.12 bits per heavy atom. The molecule has 1 rings (SSSR count). The Kier molecular flexibility index (Phi) is 4.26. The van der Waals surface area contributed by atoms with E-state index in [-0.39, 0.29) is 21.4 Å². The minimum Gasteiger partial charge on any atom is -0.493 e. The van der Waals surface area contributed by atoms with Gasteiger partial charge in [0.2, 0.25) is 0 Å². The summed E-state index contributed by atoms with van der Waals surface area (Å²) in [6.07, 6.45) is 0. The Balaban J connectivity index is 3.44. The first kappa shape index (κ1) is 12.9. The first-order valence-electron chi connectivity index (χ1n) is 4.25. The van der Waals surface area contributed by atoms with Crippen molar-refractivity contribution < 1.29 is 19.0 Å². The monoisotopic (exact) mass is 264 g/mol. The van der Waals surface area contributed by atoms with Gasteiger partial charge in [-0.1, -0.05) is 23.2 Å². The van der Waals surface area contributed by atoms with Crippen LogP contribution >= 0.6 is 23.2 Å². The van der Waals surface area contributed by atoms with Crippen LogP contribution < -0.4 is 9.47 Å². The fraction of sp³-hybridized carbons (Fsp3) is 0.300. The summed E-state index contributed by atoms with van der Waals surface area (Å²) in [5.41, 5.74) is 0.131. The van der Waals surface area contributed by atoms with Crippen molar-refractivity contribution in [3.8, 4) is 11.5 Å². The molecule has 6 heteroatoms. The topological polar surface area (TPSA) is 44.8 Å². The predicted molar refractivity (Wildman–Crippen MR) is 60.9 cm³/mol. The molecular formula is C10H10Cl2O4. The second kappa shape index (κ2) is 5.27. The molecule has 0 aromatic heterocycles. The van der Waals surface area contributed by atoms with Crippen molar-refractivity contribution in [3.63, 3.8) is 0 Å². The Labute approximate surface area is 103 Å². The van der Waals surface area contributed by atoms with Crippen molar-refractivity contribution in [1.29, 1.82) is 0 Å². The van der Waals surface area contributed by atoms with Crippen molar-refractivity contribution in [2.45, 2.75) is 0 Å². The molecule has 0 heterocycles. The molecule has 0 bridgehead atoms. The van der Waals surface area contributed by atoms with E-state index >= 15 is 0 Å². The molecule has 0 N–H and O–H groups in total. The first-order valence-corrected chi connectivity index (χ1v) is 5.00. The average Bonchev–Trinajstić information content (AvgIpc) is 2.31. The molecule has 1 aromatic carbocycles. The Hall–Kier alpha value is -1.13. The van der Waals surface area contributed by atoms with Crippen LogP contribution in [0.4, 0.5) is 0 Å². The minimum atomic E-state index is -0.590. The number of hydrogen-bond donors (Lipinski definition) is 0. The van der Waals surface area contributed by atoms with Gasteiger partial charge in [0.15, 0.2) is 11.5 Å². The highest BCUT2D eigenvalue weighted by Gasteiger charge is 2.21. The number of hydrogen-bond acceptors (Lipinski definition) is 4. The molecule has 88 valence electrons. The van der Waals surface area contributed by atoms with Crippen molar-refractivity contribution in [2.75, 3.05) is 21.3 Å². The fourth-order valence-electron chi connectivity index (χ4n) is 1.19. The second-order valence-electron chi connectivity index (χ2n) is 2.78. The molecule has 0 unspecified atom stereocenters. The highest BCUT2D eigenvalue weighted by molar-refractivity contribution is 6.44. The number of rotatable bonds is 3. The lowest BCUT2D eigenvalue weighted by atomic mass is 10.2. The molecule has 0 aliphatic carbocycles. The van der Waals surface area contributed by atoms with Gasteiger partial charge in [0.1, 0.15) is 5.02 Å². The van der Waals surface area contributed by atoms with E-state index in [4.69, 9.17) is 32.7 Å². The van der Waals surface area contributed by atoms with E-state index in [1.165, 1.54) is 27.4 Å². The summed E-state index contributed by atoms with van der Waals surface area (Å²) in [6, 6.07) is 1.42. The fourth-order valence-corrected chi connectivity index (χ4v) is 1.68. The van der Waals surface area contributed by atoms with Crippen LogP contribution in [0.3, 0.4) is 0 Å². The molecule has 4 nitrogen and oxygen atoms in total. The van der Waals surface area contributed by atoms with Crippen LogP contribution in [0.25, 0.3) is 0 Å². The molecule has 0 spiro atoms. The van der Waals surface area contributed by atoms with Gasteiger partial charge in [-0.3, -0.25) is 0 Å². The van der Waals surface area contributed by atoms with E-state index in [0.29, 0.717) is 5.75 Å². The maximum absolute atomic E-state index is 11.4. The molecule has 0 saturated heterocycles. The van der Waals surface area contributed by atoms with Gasteiger partial charge in [-0.15, -0.1) is 0 Å². The summed E-state index contributed by atoms with van der Waals surface area (Å²) in [7, 11) is 4.12. The van der Waals surface area contributed by atoms with Gasteiger partial charge < -0.3 is 14.2 Å². The third-order valence-electron chi connectivity index (χ3n) is 1.96. The van der Waals surface area contributed by atoms with E-state index in [1.807, 2.05) is 0 Å². The first-order chi connectivity index (χ1) is 7.56. The van der Waals surface area contributed by atoms with Gasteiger partial charge in [-0.25, -0.2) is 4.79 Å². The largest absolute Gasteiger partial charge is 0.493 e. The van der Waals surface area contributed by atoms with Crippen LogP contribution in [0.2, 0.25) is 10.0 Å². The number of methoxy groups -OCH3 is 3. The van der Waals surface area contributed by atoms with E-state index in [2.05, 4.69) is 4.74 Å². The molecule has 1 aromatic rings. The molecule has 0 radical (unpaired) electrons. The van der Waals surface area contributed by atoms with Crippen molar-refractivity contribution >= 4 is 29.2 Å². The molecule has 0 amide bonds. The Morgan fingerprint density at radius 2 is 1.75 bits per heavy atom. The second-order valence-corrected chi connectivity index (χ2v) is 3.54. The maximum Gasteiger partial charge on any atom is 0.339 e. The van der Waals surface area contributed by atoms with Crippen LogP contribution in [-0.4, -0.2) is 27.3 Å². The van der Waals surface area contributed by atoms with E-state index in [1.54, 1.807) is 0 Å². The highest BCUT2D eigenvalue weighted by atomic mass is 35.5. The van der Waals surface area contributed by atoms with E-state index in [0.717, 1.165) is 0 Å². The lowest BCUT2D eigenvalue weighted by Gasteiger charge is -2.12. The molecule has 0 aliphatic rings. The quantitative estimate of drug-likeness (QED) is 0.788. The molecule has 0 fully saturated rings. The molecule has 0 saturated carbocycles. The van der Waals surface area contributed by atoms with Crippen LogP contribution in [-0.2, 0) is 4.74 Å². The number of carbonyl (C=O) groups excluding carboxylic acids is 1. The van der Waals surface area contributed by atoms with Crippen molar-refractivity contribution in [3.05, 3.63) is 21.7 Å². The van der Waals surface area contributed by atoms with Crippen LogP contribution in [0, 0.1) is 0 Å². The Morgan fingerprint density at radius 3 is 2.19 bits per heavy atom. The van der Waals surface area contributed by atoms with Crippen molar-refractivity contribution in [1.82, 2.24) is 0 Å². The number of benzene rings is 1. The summed E-state index contributed by atoms with van der Waals surface area (Å²) in [6.45, 7) is 0. The number of halogens is 2. The average molecular weight is 265 g/mol. The maximum atomic E-state index is 11.4. The van der Waals surface area contributed by atoms with Crippen LogP contribution in [0.5, 0.6) is 11.5 Å². The zero-order valence-electron chi connectivity index (χ0n) is 8.97. The van der Waals surface area contributed by atoms with Crippen LogP contribution in [0.1, 0.15) is 10.4 Å². The van der Waals surface area contributed by atoms with Gasteiger partial charge in [-0.05, 0) is 0 Å². The van der Waals surface area contributed by atoms with Gasteiger partial charge in [0, 0.05) is 6.07 Å². The zero-order valence-corrected chi connectivity index (χ0v) is 10.5. The minimum absolute atomic E-state index is 0.0752. The summed E-state index contributed by atoms with van der Waals surface area (Å²) in [5.74, 6) is 0.00646. The van der Waals surface area contributed by atoms with Gasteiger partial charge in [0.25, 0.3) is 0 Å². The smallest absolute Gasteiger partial charge is 0.339 e. The van der Waals surface area contributed by atoms with Crippen molar-refractivity contribution in [2.24, 2.45) is 0 Å². The third-order valence-corrected chi connectivity index (χ3v) is 2.81. The highest BCUT2D eigenvalue weighted by Crippen LogP contribution is 2.42. The summed E-state index contributed by atoms with van der Waals surface area (Å²) >= 11 is 11.9. The summed E-state index contributed by atoms with van der Waals surface area (Å²) < 4.78 is 14.6. The molecule has 16 heavy (non-hydrogen) atoms. The lowest BCUT2D eigenvalue weighted by molar-refractivity contribution is 0.0600. The van der Waals surface area contributed by atoms with E-state index in [9.17, 15) is 4.79 Å². The predicted octanol–water partition coefficient (Wildman–Crippen LogP) is 2.80. The number of esters is 1. The molecular weight excluding hydrogens is 255 g/mol. The van der Waals surface area contributed by atoms with E-state index < -0.39 is 5.97 Å². The number of ether oxygens (including phenoxy) is 3. The molecule has 0 aliphatic heterocycles. The van der Waals surface area contributed by atoms with Gasteiger partial charge in [0.05, 0.1) is 31.9 Å². The Bertz CT molecular complexity index is 418. The number of carbonyl (C=O) groups is 1. The van der Waals surface area contributed by atoms with Gasteiger partial charge in [-0.2, -0.15) is 0 Å².